The number of hydrogen-bond acceptors (Lipinski definition) is 3. The average Bonchev–Trinajstić information content (AvgIpc) is 2.82. The fraction of sp³-hybridized carbons (Fsp3) is 0.933. The molecule has 0 spiro atoms. The van der Waals surface area contributed by atoms with Crippen molar-refractivity contribution in [1.29, 1.82) is 0 Å². The maximum atomic E-state index is 12.3. The van der Waals surface area contributed by atoms with Gasteiger partial charge in [0.2, 0.25) is 0 Å². The van der Waals surface area contributed by atoms with Gasteiger partial charge in [0.1, 0.15) is 11.6 Å². The highest BCUT2D eigenvalue weighted by atomic mass is 16.5. The average molecular weight is 253 g/mol. The van der Waals surface area contributed by atoms with Crippen LogP contribution in [0.15, 0.2) is 0 Å². The quantitative estimate of drug-likeness (QED) is 0.786. The summed E-state index contributed by atoms with van der Waals surface area (Å²) in [7, 11) is 0. The van der Waals surface area contributed by atoms with Crippen LogP contribution in [0.2, 0.25) is 0 Å². The van der Waals surface area contributed by atoms with E-state index in [4.69, 9.17) is 4.74 Å². The SMILES string of the molecule is CCC1(C(=O)OC2CCC(C)(C)CC2)CCCN1. The minimum atomic E-state index is -0.382. The Morgan fingerprint density at radius 2 is 1.94 bits per heavy atom. The highest BCUT2D eigenvalue weighted by molar-refractivity contribution is 5.81. The number of carbonyl (C=O) groups excluding carboxylic acids is 1. The summed E-state index contributed by atoms with van der Waals surface area (Å²) in [6, 6.07) is 0. The van der Waals surface area contributed by atoms with Gasteiger partial charge in [-0.25, -0.2) is 0 Å². The van der Waals surface area contributed by atoms with Crippen LogP contribution in [-0.4, -0.2) is 24.2 Å². The molecule has 0 aromatic carbocycles. The topological polar surface area (TPSA) is 38.3 Å². The Morgan fingerprint density at radius 1 is 1.28 bits per heavy atom. The fourth-order valence-electron chi connectivity index (χ4n) is 3.18. The Morgan fingerprint density at radius 3 is 2.44 bits per heavy atom. The third-order valence-corrected chi connectivity index (χ3v) is 4.80. The smallest absolute Gasteiger partial charge is 0.326 e. The largest absolute Gasteiger partial charge is 0.461 e. The summed E-state index contributed by atoms with van der Waals surface area (Å²) < 4.78 is 5.76. The van der Waals surface area contributed by atoms with Crippen LogP contribution in [0.5, 0.6) is 0 Å². The molecule has 1 saturated carbocycles. The highest BCUT2D eigenvalue weighted by Gasteiger charge is 2.42. The van der Waals surface area contributed by atoms with Crippen molar-refractivity contribution in [3.63, 3.8) is 0 Å². The van der Waals surface area contributed by atoms with E-state index in [1.54, 1.807) is 0 Å². The Kier molecular flexibility index (Phi) is 4.00. The first kappa shape index (κ1) is 13.9. The normalized spacial score (nSPS) is 32.4. The van der Waals surface area contributed by atoms with Gasteiger partial charge in [0.15, 0.2) is 0 Å². The van der Waals surface area contributed by atoms with Crippen LogP contribution in [0, 0.1) is 5.41 Å². The Labute approximate surface area is 111 Å². The predicted octanol–water partition coefficient (Wildman–Crippen LogP) is 3.03. The summed E-state index contributed by atoms with van der Waals surface area (Å²) in [5.74, 6) is -0.00722. The van der Waals surface area contributed by atoms with Gasteiger partial charge in [0.25, 0.3) is 0 Å². The third kappa shape index (κ3) is 2.87. The molecule has 1 atom stereocenters. The number of ether oxygens (including phenoxy) is 1. The lowest BCUT2D eigenvalue weighted by molar-refractivity contribution is -0.159. The van der Waals surface area contributed by atoms with E-state index in [0.29, 0.717) is 5.41 Å². The Bertz CT molecular complexity index is 296. The minimum Gasteiger partial charge on any atom is -0.461 e. The second kappa shape index (κ2) is 5.20. The van der Waals surface area contributed by atoms with Gasteiger partial charge in [-0.3, -0.25) is 4.79 Å². The summed E-state index contributed by atoms with van der Waals surface area (Å²) in [5.41, 5.74) is 0.0456. The number of nitrogens with one attached hydrogen (secondary N) is 1. The van der Waals surface area contributed by atoms with Crippen molar-refractivity contribution in [2.24, 2.45) is 5.41 Å². The molecular weight excluding hydrogens is 226 g/mol. The molecule has 1 aliphatic heterocycles. The Hall–Kier alpha value is -0.570. The van der Waals surface area contributed by atoms with Crippen LogP contribution in [-0.2, 0) is 9.53 Å². The third-order valence-electron chi connectivity index (χ3n) is 4.80. The first-order valence-electron chi connectivity index (χ1n) is 7.44. The summed E-state index contributed by atoms with van der Waals surface area (Å²) in [4.78, 5) is 12.3. The molecule has 1 saturated heterocycles. The van der Waals surface area contributed by atoms with Gasteiger partial charge in [-0.2, -0.15) is 0 Å². The molecule has 1 N–H and O–H groups in total. The number of hydrogen-bond donors (Lipinski definition) is 1. The van der Waals surface area contributed by atoms with E-state index in [1.165, 1.54) is 0 Å². The van der Waals surface area contributed by atoms with E-state index in [1.807, 2.05) is 0 Å². The van der Waals surface area contributed by atoms with Crippen molar-refractivity contribution in [3.05, 3.63) is 0 Å². The molecular formula is C15H27NO2. The van der Waals surface area contributed by atoms with E-state index in [9.17, 15) is 4.79 Å². The van der Waals surface area contributed by atoms with Crippen molar-refractivity contribution < 1.29 is 9.53 Å². The zero-order valence-corrected chi connectivity index (χ0v) is 12.1. The van der Waals surface area contributed by atoms with Crippen LogP contribution in [0.1, 0.15) is 65.7 Å². The number of esters is 1. The van der Waals surface area contributed by atoms with Crippen molar-refractivity contribution in [3.8, 4) is 0 Å². The van der Waals surface area contributed by atoms with Gasteiger partial charge in [-0.15, -0.1) is 0 Å². The molecule has 0 amide bonds. The molecule has 1 unspecified atom stereocenters. The maximum absolute atomic E-state index is 12.3. The van der Waals surface area contributed by atoms with Crippen LogP contribution >= 0.6 is 0 Å². The molecule has 0 bridgehead atoms. The number of carbonyl (C=O) groups is 1. The van der Waals surface area contributed by atoms with E-state index in [2.05, 4.69) is 26.1 Å². The first-order chi connectivity index (χ1) is 8.47. The zero-order valence-electron chi connectivity index (χ0n) is 12.1. The second-order valence-electron chi connectivity index (χ2n) is 6.73. The molecule has 18 heavy (non-hydrogen) atoms. The molecule has 2 aliphatic rings. The van der Waals surface area contributed by atoms with Crippen molar-refractivity contribution in [2.45, 2.75) is 77.4 Å². The van der Waals surface area contributed by atoms with Gasteiger partial charge in [0, 0.05) is 0 Å². The van der Waals surface area contributed by atoms with Gasteiger partial charge in [-0.1, -0.05) is 20.8 Å². The molecule has 104 valence electrons. The molecule has 0 aromatic rings. The highest BCUT2D eigenvalue weighted by Crippen LogP contribution is 2.37. The first-order valence-corrected chi connectivity index (χ1v) is 7.44. The molecule has 0 aromatic heterocycles. The molecule has 2 rings (SSSR count). The molecule has 1 aliphatic carbocycles. The zero-order chi connectivity index (χ0) is 13.2. The lowest BCUT2D eigenvalue weighted by Gasteiger charge is -2.36. The lowest BCUT2D eigenvalue weighted by atomic mass is 9.76. The molecule has 3 nitrogen and oxygen atoms in total. The van der Waals surface area contributed by atoms with E-state index in [-0.39, 0.29) is 17.6 Å². The van der Waals surface area contributed by atoms with E-state index >= 15 is 0 Å². The lowest BCUT2D eigenvalue weighted by Crippen LogP contribution is -2.49. The summed E-state index contributed by atoms with van der Waals surface area (Å²) in [6.45, 7) is 7.62. The summed E-state index contributed by atoms with van der Waals surface area (Å²) in [5, 5.41) is 3.35. The molecule has 3 heteroatoms. The maximum Gasteiger partial charge on any atom is 0.326 e. The minimum absolute atomic E-state index is 0.00722. The van der Waals surface area contributed by atoms with Crippen LogP contribution in [0.3, 0.4) is 0 Å². The van der Waals surface area contributed by atoms with Crippen LogP contribution in [0.4, 0.5) is 0 Å². The van der Waals surface area contributed by atoms with Crippen molar-refractivity contribution in [1.82, 2.24) is 5.32 Å². The molecule has 2 fully saturated rings. The van der Waals surface area contributed by atoms with Gasteiger partial charge in [-0.05, 0) is 56.9 Å². The van der Waals surface area contributed by atoms with Crippen molar-refractivity contribution >= 4 is 5.97 Å². The Balaban J connectivity index is 1.88. The van der Waals surface area contributed by atoms with Crippen LogP contribution in [0.25, 0.3) is 0 Å². The number of rotatable bonds is 3. The predicted molar refractivity (Wildman–Crippen MR) is 72.4 cm³/mol. The summed E-state index contributed by atoms with van der Waals surface area (Å²) in [6.07, 6.45) is 7.38. The van der Waals surface area contributed by atoms with E-state index < -0.39 is 0 Å². The second-order valence-corrected chi connectivity index (χ2v) is 6.73. The monoisotopic (exact) mass is 253 g/mol. The molecule has 1 heterocycles. The standard InChI is InChI=1S/C15H27NO2/c1-4-15(8-5-11-16-15)13(17)18-12-6-9-14(2,3)10-7-12/h12,16H,4-11H2,1-3H3. The van der Waals surface area contributed by atoms with Crippen LogP contribution < -0.4 is 5.32 Å². The summed E-state index contributed by atoms with van der Waals surface area (Å²) >= 11 is 0. The van der Waals surface area contributed by atoms with Gasteiger partial charge in [0.05, 0.1) is 0 Å². The van der Waals surface area contributed by atoms with Gasteiger partial charge < -0.3 is 10.1 Å². The van der Waals surface area contributed by atoms with Crippen molar-refractivity contribution in [2.75, 3.05) is 6.54 Å². The molecule has 0 radical (unpaired) electrons. The fourth-order valence-corrected chi connectivity index (χ4v) is 3.18. The van der Waals surface area contributed by atoms with E-state index in [0.717, 1.165) is 51.5 Å². The van der Waals surface area contributed by atoms with Gasteiger partial charge >= 0.3 is 5.97 Å².